The van der Waals surface area contributed by atoms with E-state index in [2.05, 4.69) is 40.2 Å². The van der Waals surface area contributed by atoms with Gasteiger partial charge in [-0.1, -0.05) is 57.9 Å². The number of aromatic nitrogens is 1. The van der Waals surface area contributed by atoms with Gasteiger partial charge in [0.1, 0.15) is 0 Å². The standard InChI is InChI=1S/C22H20BrNO2/c1-15-3-5-16(6-4-15)20(17-7-10-19(23)11-8-17)13-21(25)18-9-12-22(26)24(2)14-18/h3-12,14,20H,13H2,1-2H3. The molecule has 1 aromatic heterocycles. The Balaban J connectivity index is 1.96. The van der Waals surface area contributed by atoms with E-state index in [-0.39, 0.29) is 17.3 Å². The monoisotopic (exact) mass is 409 g/mol. The van der Waals surface area contributed by atoms with Crippen LogP contribution in [0, 0.1) is 6.92 Å². The van der Waals surface area contributed by atoms with Crippen molar-refractivity contribution in [3.8, 4) is 0 Å². The minimum Gasteiger partial charge on any atom is -0.318 e. The van der Waals surface area contributed by atoms with Gasteiger partial charge in [0.2, 0.25) is 5.56 Å². The first-order valence-corrected chi connectivity index (χ1v) is 9.25. The Morgan fingerprint density at radius 2 is 1.54 bits per heavy atom. The number of hydrogen-bond acceptors (Lipinski definition) is 2. The summed E-state index contributed by atoms with van der Waals surface area (Å²) in [4.78, 5) is 24.4. The summed E-state index contributed by atoms with van der Waals surface area (Å²) in [6.07, 6.45) is 1.96. The third-order valence-electron chi connectivity index (χ3n) is 4.55. The average molecular weight is 410 g/mol. The zero-order valence-electron chi connectivity index (χ0n) is 14.8. The van der Waals surface area contributed by atoms with Crippen LogP contribution in [0.4, 0.5) is 0 Å². The lowest BCUT2D eigenvalue weighted by molar-refractivity contribution is 0.0977. The van der Waals surface area contributed by atoms with Crippen molar-refractivity contribution < 1.29 is 4.79 Å². The Kier molecular flexibility index (Phi) is 5.52. The van der Waals surface area contributed by atoms with Gasteiger partial charge in [-0.05, 0) is 36.2 Å². The van der Waals surface area contributed by atoms with Crippen LogP contribution in [-0.2, 0) is 7.05 Å². The topological polar surface area (TPSA) is 39.1 Å². The van der Waals surface area contributed by atoms with E-state index in [9.17, 15) is 9.59 Å². The molecule has 0 N–H and O–H groups in total. The van der Waals surface area contributed by atoms with Crippen molar-refractivity contribution in [2.24, 2.45) is 7.05 Å². The molecule has 0 saturated heterocycles. The largest absolute Gasteiger partial charge is 0.318 e. The van der Waals surface area contributed by atoms with Gasteiger partial charge in [0.25, 0.3) is 0 Å². The molecule has 26 heavy (non-hydrogen) atoms. The maximum Gasteiger partial charge on any atom is 0.250 e. The molecule has 0 saturated carbocycles. The van der Waals surface area contributed by atoms with Crippen molar-refractivity contribution in [3.05, 3.63) is 104 Å². The second kappa shape index (κ2) is 7.83. The van der Waals surface area contributed by atoms with E-state index in [1.54, 1.807) is 19.3 Å². The van der Waals surface area contributed by atoms with Crippen LogP contribution in [0.15, 0.2) is 76.1 Å². The maximum absolute atomic E-state index is 12.9. The third-order valence-corrected chi connectivity index (χ3v) is 5.08. The lowest BCUT2D eigenvalue weighted by Crippen LogP contribution is -2.17. The first kappa shape index (κ1) is 18.3. The zero-order chi connectivity index (χ0) is 18.7. The highest BCUT2D eigenvalue weighted by molar-refractivity contribution is 9.10. The summed E-state index contributed by atoms with van der Waals surface area (Å²) in [6, 6.07) is 19.4. The van der Waals surface area contributed by atoms with Gasteiger partial charge in [0.15, 0.2) is 5.78 Å². The molecule has 1 unspecified atom stereocenters. The van der Waals surface area contributed by atoms with Crippen LogP contribution < -0.4 is 5.56 Å². The van der Waals surface area contributed by atoms with Crippen molar-refractivity contribution in [2.45, 2.75) is 19.3 Å². The number of nitrogens with zero attached hydrogens (tertiary/aromatic N) is 1. The highest BCUT2D eigenvalue weighted by Gasteiger charge is 2.19. The first-order valence-electron chi connectivity index (χ1n) is 8.46. The minimum atomic E-state index is -0.121. The van der Waals surface area contributed by atoms with E-state index < -0.39 is 0 Å². The summed E-state index contributed by atoms with van der Waals surface area (Å²) in [5.41, 5.74) is 3.82. The normalized spacial score (nSPS) is 12.0. The van der Waals surface area contributed by atoms with E-state index >= 15 is 0 Å². The zero-order valence-corrected chi connectivity index (χ0v) is 16.4. The van der Waals surface area contributed by atoms with Crippen LogP contribution in [0.5, 0.6) is 0 Å². The van der Waals surface area contributed by atoms with Crippen LogP contribution >= 0.6 is 15.9 Å². The van der Waals surface area contributed by atoms with Crippen LogP contribution in [-0.4, -0.2) is 10.4 Å². The molecule has 0 aliphatic carbocycles. The summed E-state index contributed by atoms with van der Waals surface area (Å²) in [6.45, 7) is 2.05. The Labute approximate surface area is 161 Å². The number of rotatable bonds is 5. The lowest BCUT2D eigenvalue weighted by Gasteiger charge is -2.18. The highest BCUT2D eigenvalue weighted by Crippen LogP contribution is 2.30. The maximum atomic E-state index is 12.9. The minimum absolute atomic E-state index is 0.0223. The number of hydrogen-bond donors (Lipinski definition) is 0. The summed E-state index contributed by atoms with van der Waals surface area (Å²) in [7, 11) is 1.66. The molecule has 3 rings (SSSR count). The average Bonchev–Trinajstić information content (AvgIpc) is 2.63. The number of carbonyl (C=O) groups is 1. The fourth-order valence-electron chi connectivity index (χ4n) is 2.98. The Bertz CT molecular complexity index is 927. The van der Waals surface area contributed by atoms with E-state index in [4.69, 9.17) is 0 Å². The molecule has 0 fully saturated rings. The number of ketones is 1. The molecule has 0 bridgehead atoms. The van der Waals surface area contributed by atoms with Gasteiger partial charge in [0.05, 0.1) is 0 Å². The van der Waals surface area contributed by atoms with Crippen LogP contribution in [0.3, 0.4) is 0 Å². The second-order valence-corrected chi connectivity index (χ2v) is 7.42. The summed E-state index contributed by atoms with van der Waals surface area (Å²) < 4.78 is 2.45. The SMILES string of the molecule is Cc1ccc(C(CC(=O)c2ccc(=O)n(C)c2)c2ccc(Br)cc2)cc1. The molecule has 0 radical (unpaired) electrons. The number of halogens is 1. The number of pyridine rings is 1. The van der Waals surface area contributed by atoms with Crippen LogP contribution in [0.1, 0.15) is 39.4 Å². The smallest absolute Gasteiger partial charge is 0.250 e. The third kappa shape index (κ3) is 4.20. The molecule has 0 amide bonds. The fourth-order valence-corrected chi connectivity index (χ4v) is 3.25. The van der Waals surface area contributed by atoms with Gasteiger partial charge < -0.3 is 4.57 Å². The van der Waals surface area contributed by atoms with Crippen LogP contribution in [0.2, 0.25) is 0 Å². The Morgan fingerprint density at radius 3 is 2.12 bits per heavy atom. The molecule has 3 nitrogen and oxygen atoms in total. The van der Waals surface area contributed by atoms with E-state index in [0.29, 0.717) is 12.0 Å². The van der Waals surface area contributed by atoms with Gasteiger partial charge in [-0.15, -0.1) is 0 Å². The molecule has 132 valence electrons. The predicted octanol–water partition coefficient (Wildman–Crippen LogP) is 4.86. The van der Waals surface area contributed by atoms with E-state index in [1.807, 2.05) is 31.2 Å². The number of benzene rings is 2. The first-order chi connectivity index (χ1) is 12.4. The fraction of sp³-hybridized carbons (Fsp3) is 0.182. The molecular formula is C22H20BrNO2. The predicted molar refractivity (Wildman–Crippen MR) is 108 cm³/mol. The second-order valence-electron chi connectivity index (χ2n) is 6.51. The quantitative estimate of drug-likeness (QED) is 0.564. The van der Waals surface area contributed by atoms with Crippen molar-refractivity contribution in [1.82, 2.24) is 4.57 Å². The Morgan fingerprint density at radius 1 is 0.962 bits per heavy atom. The van der Waals surface area contributed by atoms with E-state index in [0.717, 1.165) is 15.6 Å². The highest BCUT2D eigenvalue weighted by atomic mass is 79.9. The van der Waals surface area contributed by atoms with E-state index in [1.165, 1.54) is 16.2 Å². The summed E-state index contributed by atoms with van der Waals surface area (Å²) >= 11 is 3.46. The Hall–Kier alpha value is -2.46. The number of carbonyl (C=O) groups excluding carboxylic acids is 1. The van der Waals surface area contributed by atoms with Gasteiger partial charge in [-0.3, -0.25) is 9.59 Å². The molecule has 1 heterocycles. The molecule has 1 atom stereocenters. The molecule has 0 aliphatic rings. The van der Waals surface area contributed by atoms with Gasteiger partial charge in [-0.25, -0.2) is 0 Å². The number of Topliss-reactive ketones (excluding diaryl/α,β-unsaturated/α-hetero) is 1. The lowest BCUT2D eigenvalue weighted by atomic mass is 9.85. The number of aryl methyl sites for hydroxylation is 2. The molecule has 0 aliphatic heterocycles. The molecule has 4 heteroatoms. The van der Waals surface area contributed by atoms with Crippen molar-refractivity contribution in [2.75, 3.05) is 0 Å². The van der Waals surface area contributed by atoms with Crippen molar-refractivity contribution in [3.63, 3.8) is 0 Å². The van der Waals surface area contributed by atoms with Crippen LogP contribution in [0.25, 0.3) is 0 Å². The summed E-state index contributed by atoms with van der Waals surface area (Å²) in [5.74, 6) is -0.0115. The van der Waals surface area contributed by atoms with Gasteiger partial charge >= 0.3 is 0 Å². The summed E-state index contributed by atoms with van der Waals surface area (Å²) in [5, 5.41) is 0. The van der Waals surface area contributed by atoms with Crippen molar-refractivity contribution >= 4 is 21.7 Å². The molecule has 3 aromatic rings. The van der Waals surface area contributed by atoms with Crippen molar-refractivity contribution in [1.29, 1.82) is 0 Å². The molecular weight excluding hydrogens is 390 g/mol. The molecule has 2 aromatic carbocycles. The van der Waals surface area contributed by atoms with Gasteiger partial charge in [-0.2, -0.15) is 0 Å². The van der Waals surface area contributed by atoms with Gasteiger partial charge in [0, 0.05) is 41.7 Å². The molecule has 0 spiro atoms.